The number of likely N-dealkylation sites (tertiary alicyclic amines) is 1. The first-order chi connectivity index (χ1) is 29.8. The van der Waals surface area contributed by atoms with E-state index in [-0.39, 0.29) is 48.6 Å². The maximum atomic E-state index is 17.7. The second kappa shape index (κ2) is 19.9. The number of carbonyl (C=O) groups is 1. The minimum atomic E-state index is -2.29. The third-order valence-corrected chi connectivity index (χ3v) is 19.5. The first kappa shape index (κ1) is 45.6. The van der Waals surface area contributed by atoms with E-state index in [1.54, 1.807) is 24.4 Å². The van der Waals surface area contributed by atoms with Gasteiger partial charge in [0.05, 0.1) is 24.0 Å². The number of aromatic nitrogens is 3. The number of nitrogens with one attached hydrogen (secondary N) is 1. The molecule has 7 rings (SSSR count). The number of piperazine rings is 1. The van der Waals surface area contributed by atoms with Crippen LogP contribution in [0.1, 0.15) is 85.6 Å². The number of ether oxygens (including phenoxy) is 4. The molecule has 334 valence electrons. The summed E-state index contributed by atoms with van der Waals surface area (Å²) in [5, 5.41) is 14.1. The van der Waals surface area contributed by atoms with Crippen LogP contribution < -0.4 is 19.7 Å². The molecule has 3 saturated heterocycles. The summed E-state index contributed by atoms with van der Waals surface area (Å²) in [4.78, 5) is 29.9. The van der Waals surface area contributed by atoms with E-state index in [1.807, 2.05) is 0 Å². The SMILES string of the molecule is COCOc1cc(-c2ncc3c(N4CC5CCC(C4)N5)nc(OC[C@@H]4CCCN4CCCOCCC(=O)O)nc3c2F)c2c(C#C[Si](C(C)C)(C(C)C)C(C)C)c(F)ccc2c1. The molecular formula is C47H62F2N6O6Si. The Bertz CT molecular complexity index is 2270. The number of anilines is 1. The Morgan fingerprint density at radius 2 is 1.74 bits per heavy atom. The molecule has 3 aliphatic rings. The van der Waals surface area contributed by atoms with Crippen molar-refractivity contribution in [3.05, 3.63) is 47.7 Å². The number of hydrogen-bond donors (Lipinski definition) is 2. The van der Waals surface area contributed by atoms with E-state index in [2.05, 4.69) is 68.1 Å². The van der Waals surface area contributed by atoms with Crippen LogP contribution >= 0.6 is 0 Å². The van der Waals surface area contributed by atoms with Gasteiger partial charge in [0.15, 0.2) is 12.6 Å². The lowest BCUT2D eigenvalue weighted by Gasteiger charge is -2.38. The van der Waals surface area contributed by atoms with E-state index in [0.29, 0.717) is 88.3 Å². The van der Waals surface area contributed by atoms with E-state index in [1.165, 1.54) is 13.2 Å². The van der Waals surface area contributed by atoms with Gasteiger partial charge >= 0.3 is 12.0 Å². The average Bonchev–Trinajstić information content (AvgIpc) is 3.84. The third-order valence-electron chi connectivity index (χ3n) is 13.2. The molecular weight excluding hydrogens is 811 g/mol. The van der Waals surface area contributed by atoms with Gasteiger partial charge in [-0.05, 0) is 78.9 Å². The first-order valence-corrected chi connectivity index (χ1v) is 24.5. The highest BCUT2D eigenvalue weighted by atomic mass is 28.3. The molecule has 12 nitrogen and oxygen atoms in total. The highest BCUT2D eigenvalue weighted by molar-refractivity contribution is 6.90. The number of nitrogens with zero attached hydrogens (tertiary/aromatic N) is 5. The third kappa shape index (κ3) is 9.69. The summed E-state index contributed by atoms with van der Waals surface area (Å²) in [6, 6.07) is 7.32. The van der Waals surface area contributed by atoms with Crippen LogP contribution in [0.4, 0.5) is 14.6 Å². The van der Waals surface area contributed by atoms with Crippen LogP contribution in [0.5, 0.6) is 11.8 Å². The van der Waals surface area contributed by atoms with Crippen LogP contribution in [0.15, 0.2) is 30.5 Å². The molecule has 2 unspecified atom stereocenters. The topological polar surface area (TPSA) is 131 Å². The molecule has 5 heterocycles. The first-order valence-electron chi connectivity index (χ1n) is 22.3. The molecule has 0 radical (unpaired) electrons. The van der Waals surface area contributed by atoms with Crippen LogP contribution in [0.3, 0.4) is 0 Å². The fraction of sp³-hybridized carbons (Fsp3) is 0.574. The number of pyridine rings is 1. The van der Waals surface area contributed by atoms with Crippen LogP contribution in [-0.4, -0.2) is 117 Å². The number of fused-ring (bicyclic) bond motifs is 4. The van der Waals surface area contributed by atoms with E-state index in [0.717, 1.165) is 45.2 Å². The van der Waals surface area contributed by atoms with E-state index < -0.39 is 25.7 Å². The van der Waals surface area contributed by atoms with Gasteiger partial charge in [0.1, 0.15) is 43.3 Å². The summed E-state index contributed by atoms with van der Waals surface area (Å²) < 4.78 is 57.0. The molecule has 4 aromatic rings. The molecule has 2 aromatic carbocycles. The zero-order valence-corrected chi connectivity index (χ0v) is 38.2. The zero-order valence-electron chi connectivity index (χ0n) is 37.2. The Balaban J connectivity index is 1.31. The van der Waals surface area contributed by atoms with Crippen molar-refractivity contribution in [1.82, 2.24) is 25.2 Å². The quantitative estimate of drug-likeness (QED) is 0.0432. The molecule has 2 bridgehead atoms. The van der Waals surface area contributed by atoms with Gasteiger partial charge in [0, 0.05) is 68.6 Å². The van der Waals surface area contributed by atoms with Crippen molar-refractivity contribution in [3.63, 3.8) is 0 Å². The van der Waals surface area contributed by atoms with Crippen LogP contribution in [-0.2, 0) is 14.3 Å². The molecule has 0 amide bonds. The van der Waals surface area contributed by atoms with Crippen molar-refractivity contribution < 1.29 is 37.6 Å². The van der Waals surface area contributed by atoms with Crippen molar-refractivity contribution >= 4 is 41.5 Å². The minimum Gasteiger partial charge on any atom is -0.481 e. The Labute approximate surface area is 365 Å². The number of carboxylic acid groups (broad SMARTS) is 1. The average molecular weight is 873 g/mol. The van der Waals surface area contributed by atoms with Gasteiger partial charge in [0.2, 0.25) is 0 Å². The van der Waals surface area contributed by atoms with Crippen LogP contribution in [0.25, 0.3) is 32.9 Å². The Kier molecular flexibility index (Phi) is 14.6. The molecule has 2 N–H and O–H groups in total. The lowest BCUT2D eigenvalue weighted by Crippen LogP contribution is -2.51. The van der Waals surface area contributed by atoms with E-state index in [4.69, 9.17) is 39.0 Å². The fourth-order valence-electron chi connectivity index (χ4n) is 10.2. The number of aliphatic carboxylic acids is 1. The number of hydrogen-bond acceptors (Lipinski definition) is 11. The second-order valence-electron chi connectivity index (χ2n) is 18.0. The largest absolute Gasteiger partial charge is 0.481 e. The monoisotopic (exact) mass is 872 g/mol. The van der Waals surface area contributed by atoms with Gasteiger partial charge in [-0.1, -0.05) is 53.5 Å². The second-order valence-corrected chi connectivity index (χ2v) is 23.6. The Morgan fingerprint density at radius 3 is 2.44 bits per heavy atom. The van der Waals surface area contributed by atoms with Gasteiger partial charge in [-0.2, -0.15) is 9.97 Å². The Morgan fingerprint density at radius 1 is 1.00 bits per heavy atom. The highest BCUT2D eigenvalue weighted by Gasteiger charge is 2.42. The lowest BCUT2D eigenvalue weighted by molar-refractivity contribution is -0.138. The van der Waals surface area contributed by atoms with Gasteiger partial charge < -0.3 is 34.3 Å². The predicted molar refractivity (Wildman–Crippen MR) is 241 cm³/mol. The fourth-order valence-corrected chi connectivity index (χ4v) is 15.4. The Hall–Kier alpha value is -4.46. The number of carboxylic acids is 1. The van der Waals surface area contributed by atoms with Crippen molar-refractivity contribution in [1.29, 1.82) is 0 Å². The van der Waals surface area contributed by atoms with E-state index in [9.17, 15) is 4.79 Å². The molecule has 2 aromatic heterocycles. The van der Waals surface area contributed by atoms with Gasteiger partial charge in [-0.3, -0.25) is 14.7 Å². The molecule has 3 fully saturated rings. The smallest absolute Gasteiger partial charge is 0.319 e. The van der Waals surface area contributed by atoms with E-state index >= 15 is 8.78 Å². The molecule has 0 aliphatic carbocycles. The molecule has 62 heavy (non-hydrogen) atoms. The minimum absolute atomic E-state index is 0.0115. The molecule has 0 saturated carbocycles. The standard InChI is InChI=1S/C47H62F2N6O6Si/c1-29(2)62(30(3)4,31(5)6)21-16-37-40(48)14-11-32-22-36(61-28-58-7)23-38(42(32)37)44-43(49)45-39(24-50-44)46(55-25-33-12-13-34(26-55)51-33)53-47(52-45)60-27-35-10-8-17-54(35)18-9-19-59-20-15-41(56)57/h11,14,22-24,29-31,33-35,51H,8-10,12-13,15,17-20,25-28H2,1-7H3,(H,56,57)/t33?,34?,35-/m0/s1. The highest BCUT2D eigenvalue weighted by Crippen LogP contribution is 2.43. The summed E-state index contributed by atoms with van der Waals surface area (Å²) in [5.74, 6) is 2.29. The maximum absolute atomic E-state index is 17.7. The van der Waals surface area contributed by atoms with Gasteiger partial charge in [-0.25, -0.2) is 8.78 Å². The zero-order chi connectivity index (χ0) is 44.1. The predicted octanol–water partition coefficient (Wildman–Crippen LogP) is 8.34. The summed E-state index contributed by atoms with van der Waals surface area (Å²) >= 11 is 0. The van der Waals surface area contributed by atoms with Gasteiger partial charge in [0.25, 0.3) is 0 Å². The summed E-state index contributed by atoms with van der Waals surface area (Å²) in [6.07, 6.45) is 6.41. The number of halogens is 2. The van der Waals surface area contributed by atoms with Crippen molar-refractivity contribution in [2.75, 3.05) is 64.8 Å². The van der Waals surface area contributed by atoms with Crippen molar-refractivity contribution in [2.24, 2.45) is 0 Å². The maximum Gasteiger partial charge on any atom is 0.319 e. The lowest BCUT2D eigenvalue weighted by atomic mass is 9.95. The molecule has 15 heteroatoms. The summed E-state index contributed by atoms with van der Waals surface area (Å²) in [6.45, 7) is 17.3. The summed E-state index contributed by atoms with van der Waals surface area (Å²) in [5.41, 5.74) is 5.25. The molecule has 3 atom stereocenters. The molecule has 3 aliphatic heterocycles. The number of benzene rings is 2. The summed E-state index contributed by atoms with van der Waals surface area (Å²) in [7, 11) is -0.765. The van der Waals surface area contributed by atoms with Crippen LogP contribution in [0, 0.1) is 23.1 Å². The number of methoxy groups -OCH3 is 1. The van der Waals surface area contributed by atoms with Gasteiger partial charge in [-0.15, -0.1) is 5.54 Å². The number of rotatable bonds is 18. The normalized spacial score (nSPS) is 19.3. The van der Waals surface area contributed by atoms with Crippen LogP contribution in [0.2, 0.25) is 16.6 Å². The van der Waals surface area contributed by atoms with Crippen molar-refractivity contribution in [2.45, 2.75) is 115 Å². The molecule has 0 spiro atoms. The van der Waals surface area contributed by atoms with Crippen molar-refractivity contribution in [3.8, 4) is 34.5 Å².